The molecule has 0 aliphatic rings. The minimum absolute atomic E-state index is 0.0244. The molecule has 1 N–H and O–H groups in total. The Morgan fingerprint density at radius 2 is 1.90 bits per heavy atom. The molecule has 0 saturated heterocycles. The molecule has 1 atom stereocenters. The summed E-state index contributed by atoms with van der Waals surface area (Å²) in [5.74, 6) is -1.04. The summed E-state index contributed by atoms with van der Waals surface area (Å²) in [6, 6.07) is 3.41. The number of nitrogens with zero attached hydrogens (tertiary/aromatic N) is 1. The molecule has 1 unspecified atom stereocenters. The minimum Gasteiger partial charge on any atom is -0.508 e. The lowest BCUT2D eigenvalue weighted by Gasteiger charge is -2.35. The summed E-state index contributed by atoms with van der Waals surface area (Å²) in [5.41, 5.74) is -2.30. The van der Waals surface area contributed by atoms with E-state index in [0.717, 1.165) is 11.0 Å². The average Bonchev–Trinajstić information content (AvgIpc) is 2.34. The Balaban J connectivity index is 3.20. The molecule has 1 aromatic carbocycles. The number of benzene rings is 1. The van der Waals surface area contributed by atoms with Gasteiger partial charge in [0.25, 0.3) is 0 Å². The quantitative estimate of drug-likeness (QED) is 0.871. The Morgan fingerprint density at radius 1 is 1.33 bits per heavy atom. The van der Waals surface area contributed by atoms with Crippen molar-refractivity contribution in [1.82, 2.24) is 4.90 Å². The second-order valence-corrected chi connectivity index (χ2v) is 5.97. The summed E-state index contributed by atoms with van der Waals surface area (Å²) < 4.78 is 19.2. The molecule has 0 spiro atoms. The third kappa shape index (κ3) is 3.71. The lowest BCUT2D eigenvalue weighted by molar-refractivity contribution is -0.117. The molecule has 0 saturated carbocycles. The Morgan fingerprint density at radius 3 is 2.33 bits per heavy atom. The Bertz CT molecular complexity index is 553. The number of phenols is 1. The molecule has 0 aliphatic heterocycles. The lowest BCUT2D eigenvalue weighted by atomic mass is 9.91. The third-order valence-electron chi connectivity index (χ3n) is 3.09. The fraction of sp³-hybridized carbons (Fsp3) is 0.467. The SMILES string of the molecule is CN(C(=O)OC(C)(C)C)C(C)(C=O)c1ccc(O)cc1F. The van der Waals surface area contributed by atoms with Crippen LogP contribution in [-0.2, 0) is 15.1 Å². The van der Waals surface area contributed by atoms with E-state index in [1.807, 2.05) is 0 Å². The van der Waals surface area contributed by atoms with Gasteiger partial charge in [0.05, 0.1) is 0 Å². The van der Waals surface area contributed by atoms with Gasteiger partial charge in [0, 0.05) is 18.7 Å². The molecule has 0 radical (unpaired) electrons. The number of ether oxygens (including phenoxy) is 1. The number of carbonyl (C=O) groups is 2. The number of carbonyl (C=O) groups excluding carboxylic acids is 2. The first kappa shape index (κ1) is 16.9. The molecule has 0 aromatic heterocycles. The highest BCUT2D eigenvalue weighted by atomic mass is 19.1. The molecule has 0 aliphatic carbocycles. The fourth-order valence-corrected chi connectivity index (χ4v) is 1.76. The zero-order chi connectivity index (χ0) is 16.4. The van der Waals surface area contributed by atoms with Crippen molar-refractivity contribution in [2.75, 3.05) is 7.05 Å². The van der Waals surface area contributed by atoms with Gasteiger partial charge in [0.15, 0.2) is 0 Å². The van der Waals surface area contributed by atoms with Gasteiger partial charge in [-0.05, 0) is 39.8 Å². The van der Waals surface area contributed by atoms with Gasteiger partial charge in [-0.25, -0.2) is 9.18 Å². The van der Waals surface area contributed by atoms with Crippen LogP contribution in [0.1, 0.15) is 33.3 Å². The summed E-state index contributed by atoms with van der Waals surface area (Å²) in [6.07, 6.45) is -0.281. The van der Waals surface area contributed by atoms with Crippen molar-refractivity contribution in [1.29, 1.82) is 0 Å². The van der Waals surface area contributed by atoms with Gasteiger partial charge >= 0.3 is 6.09 Å². The van der Waals surface area contributed by atoms with E-state index in [1.54, 1.807) is 20.8 Å². The van der Waals surface area contributed by atoms with E-state index in [2.05, 4.69) is 0 Å². The molecule has 21 heavy (non-hydrogen) atoms. The van der Waals surface area contributed by atoms with Crippen molar-refractivity contribution in [3.8, 4) is 5.75 Å². The third-order valence-corrected chi connectivity index (χ3v) is 3.09. The van der Waals surface area contributed by atoms with Crippen LogP contribution in [0, 0.1) is 5.82 Å². The lowest BCUT2D eigenvalue weighted by Crippen LogP contribution is -2.48. The zero-order valence-corrected chi connectivity index (χ0v) is 12.8. The van der Waals surface area contributed by atoms with Crippen molar-refractivity contribution in [2.24, 2.45) is 0 Å². The monoisotopic (exact) mass is 297 g/mol. The van der Waals surface area contributed by atoms with E-state index in [4.69, 9.17) is 4.74 Å². The van der Waals surface area contributed by atoms with Crippen LogP contribution in [0.3, 0.4) is 0 Å². The number of amides is 1. The van der Waals surface area contributed by atoms with Gasteiger partial charge in [0.2, 0.25) is 0 Å². The Kier molecular flexibility index (Phi) is 4.61. The molecule has 0 fully saturated rings. The van der Waals surface area contributed by atoms with Gasteiger partial charge in [0.1, 0.15) is 29.0 Å². The number of hydrogen-bond donors (Lipinski definition) is 1. The summed E-state index contributed by atoms with van der Waals surface area (Å²) >= 11 is 0. The number of aldehydes is 1. The Labute approximate surface area is 123 Å². The van der Waals surface area contributed by atoms with E-state index in [1.165, 1.54) is 26.1 Å². The second-order valence-electron chi connectivity index (χ2n) is 5.97. The predicted molar refractivity (Wildman–Crippen MR) is 75.5 cm³/mol. The first-order chi connectivity index (χ1) is 9.51. The van der Waals surface area contributed by atoms with Crippen LogP contribution >= 0.6 is 0 Å². The molecular weight excluding hydrogens is 277 g/mol. The van der Waals surface area contributed by atoms with E-state index in [0.29, 0.717) is 6.29 Å². The first-order valence-corrected chi connectivity index (χ1v) is 6.43. The molecule has 1 rings (SSSR count). The number of hydrogen-bond acceptors (Lipinski definition) is 4. The average molecular weight is 297 g/mol. The van der Waals surface area contributed by atoms with E-state index >= 15 is 0 Å². The van der Waals surface area contributed by atoms with Gasteiger partial charge in [-0.3, -0.25) is 4.90 Å². The molecular formula is C15H20FNO4. The van der Waals surface area contributed by atoms with Crippen LogP contribution in [0.5, 0.6) is 5.75 Å². The van der Waals surface area contributed by atoms with Crippen molar-refractivity contribution >= 4 is 12.4 Å². The second kappa shape index (κ2) is 5.71. The summed E-state index contributed by atoms with van der Waals surface area (Å²) in [6.45, 7) is 6.48. The highest BCUT2D eigenvalue weighted by molar-refractivity contribution is 5.78. The maximum absolute atomic E-state index is 14.0. The van der Waals surface area contributed by atoms with Crippen LogP contribution in [-0.4, -0.2) is 35.0 Å². The van der Waals surface area contributed by atoms with Crippen LogP contribution in [0.4, 0.5) is 9.18 Å². The zero-order valence-electron chi connectivity index (χ0n) is 12.8. The standard InChI is InChI=1S/C15H20FNO4/c1-14(2,3)21-13(20)17(5)15(4,9-18)11-7-6-10(19)8-12(11)16/h6-9,19H,1-5H3. The molecule has 5 nitrogen and oxygen atoms in total. The molecule has 1 aromatic rings. The molecule has 116 valence electrons. The first-order valence-electron chi connectivity index (χ1n) is 6.43. The summed E-state index contributed by atoms with van der Waals surface area (Å²) in [4.78, 5) is 24.6. The van der Waals surface area contributed by atoms with Gasteiger partial charge in [-0.2, -0.15) is 0 Å². The molecule has 0 heterocycles. The number of rotatable bonds is 3. The van der Waals surface area contributed by atoms with Crippen molar-refractivity contribution in [3.05, 3.63) is 29.6 Å². The van der Waals surface area contributed by atoms with Crippen molar-refractivity contribution in [2.45, 2.75) is 38.8 Å². The number of likely N-dealkylation sites (N-methyl/N-ethyl adjacent to an activating group) is 1. The van der Waals surface area contributed by atoms with E-state index in [-0.39, 0.29) is 11.3 Å². The maximum Gasteiger partial charge on any atom is 0.411 e. The van der Waals surface area contributed by atoms with Gasteiger partial charge in [-0.1, -0.05) is 0 Å². The highest BCUT2D eigenvalue weighted by Gasteiger charge is 2.38. The predicted octanol–water partition coefficient (Wildman–Crippen LogP) is 2.81. The topological polar surface area (TPSA) is 66.8 Å². The Hall–Kier alpha value is -2.11. The van der Waals surface area contributed by atoms with Crippen LogP contribution < -0.4 is 0 Å². The highest BCUT2D eigenvalue weighted by Crippen LogP contribution is 2.30. The van der Waals surface area contributed by atoms with Crippen LogP contribution in [0.2, 0.25) is 0 Å². The summed E-state index contributed by atoms with van der Waals surface area (Å²) in [5, 5.41) is 9.24. The minimum atomic E-state index is -1.54. The van der Waals surface area contributed by atoms with E-state index < -0.39 is 23.1 Å². The molecule has 1 amide bonds. The van der Waals surface area contributed by atoms with Crippen LogP contribution in [0.15, 0.2) is 18.2 Å². The molecule has 0 bridgehead atoms. The maximum atomic E-state index is 14.0. The smallest absolute Gasteiger partial charge is 0.411 e. The van der Waals surface area contributed by atoms with Gasteiger partial charge in [-0.15, -0.1) is 0 Å². The number of halogens is 1. The van der Waals surface area contributed by atoms with Crippen molar-refractivity contribution < 1.29 is 23.8 Å². The fourth-order valence-electron chi connectivity index (χ4n) is 1.76. The van der Waals surface area contributed by atoms with Gasteiger partial charge < -0.3 is 14.6 Å². The molecule has 6 heteroatoms. The van der Waals surface area contributed by atoms with Crippen LogP contribution in [0.25, 0.3) is 0 Å². The van der Waals surface area contributed by atoms with Crippen molar-refractivity contribution in [3.63, 3.8) is 0 Å². The summed E-state index contributed by atoms with van der Waals surface area (Å²) in [7, 11) is 1.36. The largest absolute Gasteiger partial charge is 0.508 e. The number of phenolic OH excluding ortho intramolecular Hbond substituents is 1. The normalized spacial score (nSPS) is 14.2. The van der Waals surface area contributed by atoms with E-state index in [9.17, 15) is 19.1 Å². The number of aromatic hydroxyl groups is 1.